The topological polar surface area (TPSA) is 103 Å². The zero-order valence-electron chi connectivity index (χ0n) is 18.3. The minimum absolute atomic E-state index is 0.0145. The summed E-state index contributed by atoms with van der Waals surface area (Å²) in [6.45, 7) is 9.37. The van der Waals surface area contributed by atoms with Crippen molar-refractivity contribution in [2.75, 3.05) is 26.0 Å². The maximum atomic E-state index is 12.8. The van der Waals surface area contributed by atoms with E-state index >= 15 is 0 Å². The molecule has 8 nitrogen and oxygen atoms in total. The highest BCUT2D eigenvalue weighted by molar-refractivity contribution is 7.91. The molecule has 0 aliphatic heterocycles. The fourth-order valence-corrected chi connectivity index (χ4v) is 4.07. The molecule has 0 fully saturated rings. The molecule has 0 aliphatic rings. The number of rotatable bonds is 8. The molecule has 30 heavy (non-hydrogen) atoms. The first-order chi connectivity index (χ1) is 13.9. The number of hydrogen-bond donors (Lipinski definition) is 3. The molecule has 1 atom stereocenters. The lowest BCUT2D eigenvalue weighted by atomic mass is 9.92. The van der Waals surface area contributed by atoms with Crippen LogP contribution in [0.1, 0.15) is 50.7 Å². The molecule has 3 N–H and O–H groups in total. The number of urea groups is 1. The van der Waals surface area contributed by atoms with Gasteiger partial charge in [-0.05, 0) is 55.3 Å². The molecule has 10 heteroatoms. The number of nitrogens with zero attached hydrogens (tertiary/aromatic N) is 3. The van der Waals surface area contributed by atoms with Crippen molar-refractivity contribution >= 4 is 33.2 Å². The largest absolute Gasteiger partial charge is 0.332 e. The van der Waals surface area contributed by atoms with E-state index in [1.807, 2.05) is 58.8 Å². The predicted molar refractivity (Wildman–Crippen MR) is 122 cm³/mol. The SMILES string of the molecule is CC(C)c1cc(Cl)cc(C(C)C)c1NC(=O)NS(=N)(=O)c1ccn(CCN(C)C)n1. The summed E-state index contributed by atoms with van der Waals surface area (Å²) in [5, 5.41) is 7.59. The van der Waals surface area contributed by atoms with Gasteiger partial charge in [-0.15, -0.1) is 0 Å². The zero-order chi connectivity index (χ0) is 22.6. The van der Waals surface area contributed by atoms with Crippen molar-refractivity contribution in [1.82, 2.24) is 19.4 Å². The molecule has 0 aliphatic carbocycles. The number of hydrogen-bond acceptors (Lipinski definition) is 5. The van der Waals surface area contributed by atoms with Crippen LogP contribution in [0.25, 0.3) is 0 Å². The van der Waals surface area contributed by atoms with Crippen molar-refractivity contribution in [3.8, 4) is 0 Å². The van der Waals surface area contributed by atoms with Crippen molar-refractivity contribution < 1.29 is 9.00 Å². The van der Waals surface area contributed by atoms with Gasteiger partial charge in [-0.2, -0.15) is 5.10 Å². The van der Waals surface area contributed by atoms with E-state index < -0.39 is 15.9 Å². The zero-order valence-corrected chi connectivity index (χ0v) is 19.9. The maximum Gasteiger partial charge on any atom is 0.332 e. The Morgan fingerprint density at radius 3 is 2.30 bits per heavy atom. The van der Waals surface area contributed by atoms with Crippen LogP contribution in [0.3, 0.4) is 0 Å². The Morgan fingerprint density at radius 2 is 1.80 bits per heavy atom. The van der Waals surface area contributed by atoms with Crippen molar-refractivity contribution in [3.05, 3.63) is 40.5 Å². The molecule has 2 aromatic rings. The molecule has 1 aromatic heterocycles. The molecule has 1 heterocycles. The number of halogens is 1. The van der Waals surface area contributed by atoms with E-state index in [4.69, 9.17) is 16.4 Å². The second-order valence-corrected chi connectivity index (χ2v) is 10.3. The lowest BCUT2D eigenvalue weighted by molar-refractivity contribution is 0.256. The lowest BCUT2D eigenvalue weighted by Crippen LogP contribution is -2.34. The van der Waals surface area contributed by atoms with Crippen molar-refractivity contribution in [3.63, 3.8) is 0 Å². The molecule has 0 radical (unpaired) electrons. The molecular weight excluding hydrogens is 424 g/mol. The number of anilines is 1. The molecule has 0 saturated carbocycles. The van der Waals surface area contributed by atoms with Gasteiger partial charge < -0.3 is 10.2 Å². The van der Waals surface area contributed by atoms with Crippen LogP contribution in [-0.4, -0.2) is 45.6 Å². The van der Waals surface area contributed by atoms with Crippen LogP contribution < -0.4 is 10.0 Å². The van der Waals surface area contributed by atoms with Crippen LogP contribution in [-0.2, 0) is 16.5 Å². The standard InChI is InChI=1S/C20H31ClN6O2S/c1-13(2)16-11-15(21)12-17(14(3)4)19(16)23-20(28)25-30(22,29)18-7-8-27(24-18)10-9-26(5)6/h7-8,11-14H,9-10H2,1-6H3,(H3,22,23,25,28,29). The lowest BCUT2D eigenvalue weighted by Gasteiger charge is -2.21. The number of amides is 2. The van der Waals surface area contributed by atoms with Crippen LogP contribution in [0.5, 0.6) is 0 Å². The van der Waals surface area contributed by atoms with E-state index in [9.17, 15) is 9.00 Å². The van der Waals surface area contributed by atoms with Crippen LogP contribution in [0.4, 0.5) is 10.5 Å². The Labute approximate surface area is 184 Å². The highest BCUT2D eigenvalue weighted by Gasteiger charge is 2.21. The average Bonchev–Trinajstić information content (AvgIpc) is 3.10. The van der Waals surface area contributed by atoms with E-state index in [1.54, 1.807) is 10.9 Å². The van der Waals surface area contributed by atoms with Gasteiger partial charge >= 0.3 is 6.03 Å². The van der Waals surface area contributed by atoms with Crippen molar-refractivity contribution in [2.45, 2.75) is 51.1 Å². The first-order valence-corrected chi connectivity index (χ1v) is 11.7. The monoisotopic (exact) mass is 454 g/mol. The van der Waals surface area contributed by atoms with Gasteiger partial charge in [-0.25, -0.2) is 18.5 Å². The van der Waals surface area contributed by atoms with E-state index in [0.717, 1.165) is 17.7 Å². The van der Waals surface area contributed by atoms with Gasteiger partial charge in [0.15, 0.2) is 14.9 Å². The number of benzene rings is 1. The molecule has 1 unspecified atom stereocenters. The number of carbonyl (C=O) groups is 1. The summed E-state index contributed by atoms with van der Waals surface area (Å²) in [5.41, 5.74) is 2.39. The van der Waals surface area contributed by atoms with Gasteiger partial charge in [0, 0.05) is 23.5 Å². The van der Waals surface area contributed by atoms with Crippen molar-refractivity contribution in [1.29, 1.82) is 4.78 Å². The quantitative estimate of drug-likeness (QED) is 0.546. The summed E-state index contributed by atoms with van der Waals surface area (Å²) < 4.78 is 24.8. The normalized spacial score (nSPS) is 13.7. The minimum atomic E-state index is -3.61. The summed E-state index contributed by atoms with van der Waals surface area (Å²) in [4.78, 5) is 14.7. The maximum absolute atomic E-state index is 12.8. The third-order valence-corrected chi connectivity index (χ3v) is 6.07. The fraction of sp³-hybridized carbons (Fsp3) is 0.500. The van der Waals surface area contributed by atoms with Crippen molar-refractivity contribution in [2.24, 2.45) is 0 Å². The number of nitrogens with one attached hydrogen (secondary N) is 3. The Bertz CT molecular complexity index is 969. The summed E-state index contributed by atoms with van der Waals surface area (Å²) in [6, 6.07) is 4.41. The molecule has 0 spiro atoms. The number of likely N-dealkylation sites (N-methyl/N-ethyl adjacent to an activating group) is 1. The van der Waals surface area contributed by atoms with E-state index in [2.05, 4.69) is 15.1 Å². The minimum Gasteiger partial charge on any atom is -0.308 e. The molecule has 2 rings (SSSR count). The average molecular weight is 455 g/mol. The van der Waals surface area contributed by atoms with Gasteiger partial charge in [-0.1, -0.05) is 39.3 Å². The molecule has 166 valence electrons. The number of aromatic nitrogens is 2. The summed E-state index contributed by atoms with van der Waals surface area (Å²) in [6.07, 6.45) is 1.65. The second-order valence-electron chi connectivity index (χ2n) is 8.10. The Hall–Kier alpha value is -2.10. The molecule has 0 bridgehead atoms. The Morgan fingerprint density at radius 1 is 1.23 bits per heavy atom. The Kier molecular flexibility index (Phi) is 7.90. The van der Waals surface area contributed by atoms with Gasteiger partial charge in [-0.3, -0.25) is 4.68 Å². The molecule has 1 aromatic carbocycles. The summed E-state index contributed by atoms with van der Waals surface area (Å²) >= 11 is 6.26. The van der Waals surface area contributed by atoms with Crippen LogP contribution >= 0.6 is 11.6 Å². The molecular formula is C20H31ClN6O2S. The summed E-state index contributed by atoms with van der Waals surface area (Å²) in [7, 11) is 0.279. The van der Waals surface area contributed by atoms with E-state index in [1.165, 1.54) is 6.07 Å². The smallest absolute Gasteiger partial charge is 0.308 e. The van der Waals surface area contributed by atoms with Gasteiger partial charge in [0.2, 0.25) is 0 Å². The predicted octanol–water partition coefficient (Wildman–Crippen LogP) is 4.49. The van der Waals surface area contributed by atoms with Crippen LogP contribution in [0, 0.1) is 4.78 Å². The highest BCUT2D eigenvalue weighted by Crippen LogP contribution is 2.35. The van der Waals surface area contributed by atoms with E-state index in [0.29, 0.717) is 17.3 Å². The highest BCUT2D eigenvalue weighted by atomic mass is 35.5. The van der Waals surface area contributed by atoms with Gasteiger partial charge in [0.05, 0.1) is 6.54 Å². The van der Waals surface area contributed by atoms with Gasteiger partial charge in [0.25, 0.3) is 0 Å². The Balaban J connectivity index is 2.23. The fourth-order valence-electron chi connectivity index (χ4n) is 2.95. The van der Waals surface area contributed by atoms with Gasteiger partial charge in [0.1, 0.15) is 0 Å². The second kappa shape index (κ2) is 9.80. The molecule has 2 amide bonds. The third kappa shape index (κ3) is 6.20. The first-order valence-electron chi connectivity index (χ1n) is 9.79. The first kappa shape index (κ1) is 24.2. The summed E-state index contributed by atoms with van der Waals surface area (Å²) in [5.74, 6) is 0.230. The number of carbonyl (C=O) groups excluding carboxylic acids is 1. The third-order valence-electron chi connectivity index (χ3n) is 4.57. The van der Waals surface area contributed by atoms with Crippen LogP contribution in [0.15, 0.2) is 29.4 Å². The molecule has 0 saturated heterocycles. The van der Waals surface area contributed by atoms with Crippen LogP contribution in [0.2, 0.25) is 5.02 Å². The van der Waals surface area contributed by atoms with E-state index in [-0.39, 0.29) is 16.9 Å².